The van der Waals surface area contributed by atoms with Crippen molar-refractivity contribution < 1.29 is 23.9 Å². The Bertz CT molecular complexity index is 1020. The van der Waals surface area contributed by atoms with E-state index in [1.165, 1.54) is 0 Å². The lowest BCUT2D eigenvalue weighted by Gasteiger charge is -2.12. The molecule has 2 aromatic rings. The standard InChI is InChI=1S/C22H21IN2O5S/c1-3-29-17-10-5-14(11-18(17)30-4-2)12-19-21(27)25(22(28)31-19)13-20(26)24-16-8-6-15(23)7-9-16/h5-12H,3-4,13H2,1-2H3,(H,24,26)/b19-12+. The SMILES string of the molecule is CCOc1ccc(/C=C2/SC(=O)N(CC(=O)Nc3ccc(I)cc3)C2=O)cc1OCC. The van der Waals surface area contributed by atoms with E-state index in [4.69, 9.17) is 9.47 Å². The van der Waals surface area contributed by atoms with E-state index in [0.717, 1.165) is 20.2 Å². The molecule has 0 aromatic heterocycles. The summed E-state index contributed by atoms with van der Waals surface area (Å²) in [5.74, 6) is 0.236. The van der Waals surface area contributed by atoms with Crippen LogP contribution in [0.4, 0.5) is 10.5 Å². The molecule has 1 aliphatic rings. The Morgan fingerprint density at radius 2 is 1.74 bits per heavy atom. The Morgan fingerprint density at radius 3 is 2.42 bits per heavy atom. The van der Waals surface area contributed by atoms with E-state index in [1.807, 2.05) is 26.0 Å². The van der Waals surface area contributed by atoms with Gasteiger partial charge in [-0.3, -0.25) is 19.3 Å². The minimum atomic E-state index is -0.500. The first-order chi connectivity index (χ1) is 14.9. The van der Waals surface area contributed by atoms with Gasteiger partial charge in [0.25, 0.3) is 11.1 Å². The first-order valence-corrected chi connectivity index (χ1v) is 11.5. The highest BCUT2D eigenvalue weighted by Crippen LogP contribution is 2.34. The second-order valence-corrected chi connectivity index (χ2v) is 8.63. The molecule has 3 amide bonds. The molecule has 9 heteroatoms. The zero-order valence-corrected chi connectivity index (χ0v) is 20.0. The van der Waals surface area contributed by atoms with E-state index >= 15 is 0 Å². The number of hydrogen-bond acceptors (Lipinski definition) is 6. The molecule has 3 rings (SSSR count). The molecule has 1 heterocycles. The third kappa shape index (κ3) is 6.01. The molecule has 31 heavy (non-hydrogen) atoms. The molecule has 162 valence electrons. The third-order valence-corrected chi connectivity index (χ3v) is 5.80. The molecular weight excluding hydrogens is 531 g/mol. The normalized spacial score (nSPS) is 14.8. The van der Waals surface area contributed by atoms with Crippen molar-refractivity contribution >= 4 is 63.2 Å². The predicted molar refractivity (Wildman–Crippen MR) is 129 cm³/mol. The van der Waals surface area contributed by atoms with Crippen LogP contribution in [-0.2, 0) is 9.59 Å². The first kappa shape index (κ1) is 23.1. The molecule has 0 spiro atoms. The van der Waals surface area contributed by atoms with Gasteiger partial charge in [-0.2, -0.15) is 0 Å². The van der Waals surface area contributed by atoms with Crippen molar-refractivity contribution in [2.75, 3.05) is 25.1 Å². The van der Waals surface area contributed by atoms with Gasteiger partial charge in [-0.15, -0.1) is 0 Å². The fourth-order valence-electron chi connectivity index (χ4n) is 2.82. The van der Waals surface area contributed by atoms with Gasteiger partial charge < -0.3 is 14.8 Å². The number of imide groups is 1. The zero-order valence-electron chi connectivity index (χ0n) is 17.0. The summed E-state index contributed by atoms with van der Waals surface area (Å²) in [6, 6.07) is 12.5. The number of amides is 3. The molecule has 0 unspecified atom stereocenters. The van der Waals surface area contributed by atoms with Crippen molar-refractivity contribution in [3.05, 3.63) is 56.5 Å². The molecular formula is C22H21IN2O5S. The molecule has 1 aliphatic heterocycles. The Balaban J connectivity index is 1.71. The van der Waals surface area contributed by atoms with E-state index in [2.05, 4.69) is 27.9 Å². The van der Waals surface area contributed by atoms with Crippen molar-refractivity contribution in [3.63, 3.8) is 0 Å². The van der Waals surface area contributed by atoms with Crippen molar-refractivity contribution in [1.82, 2.24) is 4.90 Å². The number of benzene rings is 2. The van der Waals surface area contributed by atoms with Crippen LogP contribution in [0.1, 0.15) is 19.4 Å². The largest absolute Gasteiger partial charge is 0.490 e. The maximum absolute atomic E-state index is 12.7. The van der Waals surface area contributed by atoms with Crippen LogP contribution in [0.3, 0.4) is 0 Å². The summed E-state index contributed by atoms with van der Waals surface area (Å²) in [5.41, 5.74) is 1.30. The summed E-state index contributed by atoms with van der Waals surface area (Å²) in [6.45, 7) is 4.38. The Kier molecular flexibility index (Phi) is 7.97. The van der Waals surface area contributed by atoms with Crippen LogP contribution in [0.5, 0.6) is 11.5 Å². The van der Waals surface area contributed by atoms with Gasteiger partial charge in [0.2, 0.25) is 5.91 Å². The summed E-state index contributed by atoms with van der Waals surface area (Å²) in [6.07, 6.45) is 1.61. The summed E-state index contributed by atoms with van der Waals surface area (Å²) < 4.78 is 12.2. The Morgan fingerprint density at radius 1 is 1.06 bits per heavy atom. The summed E-state index contributed by atoms with van der Waals surface area (Å²) >= 11 is 2.97. The fraction of sp³-hybridized carbons (Fsp3) is 0.227. The molecule has 7 nitrogen and oxygen atoms in total. The monoisotopic (exact) mass is 552 g/mol. The molecule has 1 saturated heterocycles. The number of halogens is 1. The van der Waals surface area contributed by atoms with Crippen LogP contribution in [0.25, 0.3) is 6.08 Å². The fourth-order valence-corrected chi connectivity index (χ4v) is 4.02. The smallest absolute Gasteiger partial charge is 0.294 e. The van der Waals surface area contributed by atoms with Gasteiger partial charge in [-0.1, -0.05) is 6.07 Å². The molecule has 0 radical (unpaired) electrons. The van der Waals surface area contributed by atoms with E-state index in [-0.39, 0.29) is 11.4 Å². The van der Waals surface area contributed by atoms with Crippen LogP contribution < -0.4 is 14.8 Å². The van der Waals surface area contributed by atoms with Gasteiger partial charge in [-0.25, -0.2) is 0 Å². The summed E-state index contributed by atoms with van der Waals surface area (Å²) in [5, 5.41) is 2.21. The van der Waals surface area contributed by atoms with E-state index in [9.17, 15) is 14.4 Å². The Hall–Kier alpha value is -2.53. The number of nitrogens with zero attached hydrogens (tertiary/aromatic N) is 1. The van der Waals surface area contributed by atoms with Crippen LogP contribution in [-0.4, -0.2) is 41.7 Å². The number of nitrogens with one attached hydrogen (secondary N) is 1. The third-order valence-electron chi connectivity index (χ3n) is 4.17. The summed E-state index contributed by atoms with van der Waals surface area (Å²) in [4.78, 5) is 38.5. The van der Waals surface area contributed by atoms with Crippen molar-refractivity contribution in [1.29, 1.82) is 0 Å². The van der Waals surface area contributed by atoms with Gasteiger partial charge in [0.15, 0.2) is 11.5 Å². The van der Waals surface area contributed by atoms with Crippen molar-refractivity contribution in [2.24, 2.45) is 0 Å². The van der Waals surface area contributed by atoms with Crippen molar-refractivity contribution in [3.8, 4) is 11.5 Å². The maximum Gasteiger partial charge on any atom is 0.294 e. The highest BCUT2D eigenvalue weighted by molar-refractivity contribution is 14.1. The van der Waals surface area contributed by atoms with Gasteiger partial charge in [0.05, 0.1) is 18.1 Å². The van der Waals surface area contributed by atoms with Gasteiger partial charge in [0.1, 0.15) is 6.54 Å². The molecule has 0 saturated carbocycles. The number of thioether (sulfide) groups is 1. The van der Waals surface area contributed by atoms with Crippen molar-refractivity contribution in [2.45, 2.75) is 13.8 Å². The number of hydrogen-bond donors (Lipinski definition) is 1. The van der Waals surface area contributed by atoms with Gasteiger partial charge in [0, 0.05) is 9.26 Å². The quantitative estimate of drug-likeness (QED) is 0.376. The van der Waals surface area contributed by atoms with Gasteiger partial charge >= 0.3 is 0 Å². The first-order valence-electron chi connectivity index (χ1n) is 9.61. The minimum absolute atomic E-state index is 0.249. The maximum atomic E-state index is 12.7. The van der Waals surface area contributed by atoms with Gasteiger partial charge in [-0.05, 0) is 96.2 Å². The van der Waals surface area contributed by atoms with Crippen LogP contribution >= 0.6 is 34.4 Å². The van der Waals surface area contributed by atoms with E-state index in [0.29, 0.717) is 36.0 Å². The zero-order chi connectivity index (χ0) is 22.4. The molecule has 1 N–H and O–H groups in total. The van der Waals surface area contributed by atoms with E-state index in [1.54, 1.807) is 36.4 Å². The number of carbonyl (C=O) groups is 3. The lowest BCUT2D eigenvalue weighted by molar-refractivity contribution is -0.127. The highest BCUT2D eigenvalue weighted by atomic mass is 127. The average molecular weight is 552 g/mol. The predicted octanol–water partition coefficient (Wildman–Crippen LogP) is 4.76. The highest BCUT2D eigenvalue weighted by Gasteiger charge is 2.36. The second kappa shape index (κ2) is 10.7. The number of anilines is 1. The topological polar surface area (TPSA) is 84.9 Å². The van der Waals surface area contributed by atoms with Crippen LogP contribution in [0, 0.1) is 3.57 Å². The summed E-state index contributed by atoms with van der Waals surface area (Å²) in [7, 11) is 0. The Labute approximate surface area is 198 Å². The number of rotatable bonds is 8. The average Bonchev–Trinajstić information content (AvgIpc) is 2.99. The van der Waals surface area contributed by atoms with Crippen LogP contribution in [0.2, 0.25) is 0 Å². The lowest BCUT2D eigenvalue weighted by Crippen LogP contribution is -2.36. The molecule has 0 bridgehead atoms. The molecule has 0 aliphatic carbocycles. The number of carbonyl (C=O) groups excluding carboxylic acids is 3. The lowest BCUT2D eigenvalue weighted by atomic mass is 10.2. The molecule has 0 atom stereocenters. The number of ether oxygens (including phenoxy) is 2. The molecule has 2 aromatic carbocycles. The second-order valence-electron chi connectivity index (χ2n) is 6.40. The van der Waals surface area contributed by atoms with E-state index < -0.39 is 17.1 Å². The van der Waals surface area contributed by atoms with Crippen LogP contribution in [0.15, 0.2) is 47.4 Å². The minimum Gasteiger partial charge on any atom is -0.490 e. The molecule has 1 fully saturated rings.